The Labute approximate surface area is 123 Å². The second-order valence-corrected chi connectivity index (χ2v) is 5.92. The highest BCUT2D eigenvalue weighted by atomic mass is 16.5. The first-order valence-corrected chi connectivity index (χ1v) is 7.93. The largest absolute Gasteiger partial charge is 0.489 e. The second-order valence-electron chi connectivity index (χ2n) is 5.92. The van der Waals surface area contributed by atoms with Gasteiger partial charge in [-0.15, -0.1) is 0 Å². The van der Waals surface area contributed by atoms with Crippen molar-refractivity contribution in [2.24, 2.45) is 0 Å². The highest BCUT2D eigenvalue weighted by Crippen LogP contribution is 2.27. The molecular weight excluding hydrogens is 248 g/mol. The van der Waals surface area contributed by atoms with Crippen LogP contribution in [0.5, 0.6) is 5.75 Å². The van der Waals surface area contributed by atoms with Crippen molar-refractivity contribution in [3.05, 3.63) is 24.3 Å². The highest BCUT2D eigenvalue weighted by molar-refractivity contribution is 5.56. The summed E-state index contributed by atoms with van der Waals surface area (Å²) in [6.07, 6.45) is 3.90. The lowest BCUT2D eigenvalue weighted by Crippen LogP contribution is -2.39. The number of nitrogens with zero attached hydrogens (tertiary/aromatic N) is 1. The Balaban J connectivity index is 1.91. The third-order valence-corrected chi connectivity index (χ3v) is 3.74. The summed E-state index contributed by atoms with van der Waals surface area (Å²) in [7, 11) is 0. The lowest BCUT2D eigenvalue weighted by molar-refractivity contribution is 0.218. The van der Waals surface area contributed by atoms with Crippen molar-refractivity contribution in [1.82, 2.24) is 4.90 Å². The monoisotopic (exact) mass is 276 g/mol. The van der Waals surface area contributed by atoms with Gasteiger partial charge < -0.3 is 15.0 Å². The molecule has 1 saturated heterocycles. The van der Waals surface area contributed by atoms with Crippen molar-refractivity contribution in [2.75, 3.05) is 25.0 Å². The van der Waals surface area contributed by atoms with Gasteiger partial charge in [-0.2, -0.15) is 0 Å². The summed E-state index contributed by atoms with van der Waals surface area (Å²) >= 11 is 0. The zero-order valence-corrected chi connectivity index (χ0v) is 13.1. The van der Waals surface area contributed by atoms with Gasteiger partial charge in [-0.05, 0) is 51.8 Å². The van der Waals surface area contributed by atoms with Gasteiger partial charge in [0.15, 0.2) is 0 Å². The zero-order chi connectivity index (χ0) is 14.4. The fraction of sp³-hybridized carbons (Fsp3) is 0.647. The van der Waals surface area contributed by atoms with Crippen LogP contribution >= 0.6 is 0 Å². The molecule has 112 valence electrons. The molecule has 1 N–H and O–H groups in total. The maximum Gasteiger partial charge on any atom is 0.142 e. The van der Waals surface area contributed by atoms with E-state index in [2.05, 4.69) is 49.2 Å². The molecule has 1 heterocycles. The highest BCUT2D eigenvalue weighted by Gasteiger charge is 2.19. The molecule has 1 aliphatic heterocycles. The number of ether oxygens (including phenoxy) is 1. The minimum Gasteiger partial charge on any atom is -0.489 e. The minimum atomic E-state index is 0.212. The number of anilines is 1. The third-order valence-electron chi connectivity index (χ3n) is 3.74. The summed E-state index contributed by atoms with van der Waals surface area (Å²) in [5, 5.41) is 3.67. The molecule has 1 aromatic carbocycles. The van der Waals surface area contributed by atoms with Gasteiger partial charge in [0, 0.05) is 19.1 Å². The molecule has 1 fully saturated rings. The molecule has 0 aliphatic carbocycles. The van der Waals surface area contributed by atoms with Gasteiger partial charge in [-0.25, -0.2) is 0 Å². The van der Waals surface area contributed by atoms with Crippen LogP contribution in [0.1, 0.15) is 40.0 Å². The van der Waals surface area contributed by atoms with E-state index in [1.165, 1.54) is 38.9 Å². The summed E-state index contributed by atoms with van der Waals surface area (Å²) in [6.45, 7) is 10.0. The Bertz CT molecular complexity index is 398. The second kappa shape index (κ2) is 7.53. The van der Waals surface area contributed by atoms with Crippen molar-refractivity contribution in [3.63, 3.8) is 0 Å². The van der Waals surface area contributed by atoms with E-state index in [1.807, 2.05) is 6.07 Å². The normalized spacial score (nSPS) is 17.4. The van der Waals surface area contributed by atoms with Crippen LogP contribution in [0.2, 0.25) is 0 Å². The molecule has 0 aromatic heterocycles. The van der Waals surface area contributed by atoms with E-state index in [4.69, 9.17) is 4.74 Å². The van der Waals surface area contributed by atoms with E-state index in [9.17, 15) is 0 Å². The fourth-order valence-electron chi connectivity index (χ4n) is 2.78. The van der Waals surface area contributed by atoms with Crippen molar-refractivity contribution < 1.29 is 4.74 Å². The molecule has 3 heteroatoms. The Kier molecular flexibility index (Phi) is 5.72. The van der Waals surface area contributed by atoms with Crippen LogP contribution in [-0.4, -0.2) is 36.7 Å². The number of benzene rings is 1. The van der Waals surface area contributed by atoms with Gasteiger partial charge in [0.2, 0.25) is 0 Å². The van der Waals surface area contributed by atoms with Crippen LogP contribution in [0.15, 0.2) is 24.3 Å². The van der Waals surface area contributed by atoms with E-state index in [0.29, 0.717) is 6.04 Å². The molecule has 0 bridgehead atoms. The van der Waals surface area contributed by atoms with Crippen molar-refractivity contribution in [2.45, 2.75) is 52.2 Å². The van der Waals surface area contributed by atoms with Gasteiger partial charge in [0.1, 0.15) is 5.75 Å². The third kappa shape index (κ3) is 4.41. The SMILES string of the molecule is CCCN1CCC(Nc2ccccc2OC(C)C)CC1. The van der Waals surface area contributed by atoms with Crippen LogP contribution in [0.4, 0.5) is 5.69 Å². The maximum atomic E-state index is 5.87. The van der Waals surface area contributed by atoms with Gasteiger partial charge in [0.25, 0.3) is 0 Å². The molecule has 0 spiro atoms. The summed E-state index contributed by atoms with van der Waals surface area (Å²) in [5.41, 5.74) is 1.13. The average Bonchev–Trinajstić information content (AvgIpc) is 2.43. The number of piperidine rings is 1. The van der Waals surface area contributed by atoms with Crippen LogP contribution in [-0.2, 0) is 0 Å². The summed E-state index contributed by atoms with van der Waals surface area (Å²) in [5.74, 6) is 0.971. The first-order chi connectivity index (χ1) is 9.69. The molecule has 3 nitrogen and oxygen atoms in total. The Hall–Kier alpha value is -1.22. The number of hydrogen-bond acceptors (Lipinski definition) is 3. The Morgan fingerprint density at radius 2 is 1.95 bits per heavy atom. The van der Waals surface area contributed by atoms with E-state index < -0.39 is 0 Å². The smallest absolute Gasteiger partial charge is 0.142 e. The van der Waals surface area contributed by atoms with E-state index in [-0.39, 0.29) is 6.10 Å². The molecule has 1 aliphatic rings. The van der Waals surface area contributed by atoms with E-state index in [0.717, 1.165) is 11.4 Å². The fourth-order valence-corrected chi connectivity index (χ4v) is 2.78. The average molecular weight is 276 g/mol. The molecule has 0 saturated carbocycles. The first-order valence-electron chi connectivity index (χ1n) is 7.93. The topological polar surface area (TPSA) is 24.5 Å². The first kappa shape index (κ1) is 15.2. The number of likely N-dealkylation sites (tertiary alicyclic amines) is 1. The predicted octanol–water partition coefficient (Wildman–Crippen LogP) is 3.76. The Morgan fingerprint density at radius 3 is 2.60 bits per heavy atom. The number of para-hydroxylation sites is 2. The van der Waals surface area contributed by atoms with Gasteiger partial charge in [-0.3, -0.25) is 0 Å². The molecule has 0 radical (unpaired) electrons. The van der Waals surface area contributed by atoms with Crippen molar-refractivity contribution in [3.8, 4) is 5.75 Å². The van der Waals surface area contributed by atoms with Crippen LogP contribution < -0.4 is 10.1 Å². The van der Waals surface area contributed by atoms with Crippen LogP contribution in [0, 0.1) is 0 Å². The van der Waals surface area contributed by atoms with Crippen molar-refractivity contribution >= 4 is 5.69 Å². The van der Waals surface area contributed by atoms with Gasteiger partial charge in [-0.1, -0.05) is 19.1 Å². The van der Waals surface area contributed by atoms with Gasteiger partial charge >= 0.3 is 0 Å². The standard InChI is InChI=1S/C17H28N2O/c1-4-11-19-12-9-15(10-13-19)18-16-7-5-6-8-17(16)20-14(2)3/h5-8,14-15,18H,4,9-13H2,1-3H3. The van der Waals surface area contributed by atoms with Crippen LogP contribution in [0.3, 0.4) is 0 Å². The summed E-state index contributed by atoms with van der Waals surface area (Å²) in [6, 6.07) is 8.85. The van der Waals surface area contributed by atoms with E-state index in [1.54, 1.807) is 0 Å². The lowest BCUT2D eigenvalue weighted by Gasteiger charge is -2.33. The molecule has 20 heavy (non-hydrogen) atoms. The maximum absolute atomic E-state index is 5.87. The molecule has 0 atom stereocenters. The molecule has 2 rings (SSSR count). The van der Waals surface area contributed by atoms with Crippen LogP contribution in [0.25, 0.3) is 0 Å². The predicted molar refractivity (Wildman–Crippen MR) is 85.6 cm³/mol. The minimum absolute atomic E-state index is 0.212. The summed E-state index contributed by atoms with van der Waals surface area (Å²) in [4.78, 5) is 2.56. The summed E-state index contributed by atoms with van der Waals surface area (Å²) < 4.78 is 5.87. The lowest BCUT2D eigenvalue weighted by atomic mass is 10.0. The van der Waals surface area contributed by atoms with Crippen molar-refractivity contribution in [1.29, 1.82) is 0 Å². The number of rotatable bonds is 6. The molecule has 0 unspecified atom stereocenters. The van der Waals surface area contributed by atoms with E-state index >= 15 is 0 Å². The number of nitrogens with one attached hydrogen (secondary N) is 1. The molecular formula is C17H28N2O. The number of hydrogen-bond donors (Lipinski definition) is 1. The quantitative estimate of drug-likeness (QED) is 0.856. The molecule has 1 aromatic rings. The Morgan fingerprint density at radius 1 is 1.25 bits per heavy atom. The molecule has 0 amide bonds. The zero-order valence-electron chi connectivity index (χ0n) is 13.1. The van der Waals surface area contributed by atoms with Gasteiger partial charge in [0.05, 0.1) is 11.8 Å².